The Labute approximate surface area is 804 Å². The zero-order valence-electron chi connectivity index (χ0n) is 78.0. The first-order chi connectivity index (χ1) is 67.7. The molecule has 0 spiro atoms. The number of benzene rings is 25. The Kier molecular flexibility index (Phi) is 19.0. The quantitative estimate of drug-likeness (QED) is 0.126. The van der Waals surface area contributed by atoms with Gasteiger partial charge >= 0.3 is 0 Å². The maximum Gasteiger partial charge on any atom is 0.0540 e. The highest BCUT2D eigenvalue weighted by molar-refractivity contribution is 6.27. The summed E-state index contributed by atoms with van der Waals surface area (Å²) in [7, 11) is 0. The lowest BCUT2D eigenvalue weighted by Crippen LogP contribution is -2.15. The van der Waals surface area contributed by atoms with Crippen molar-refractivity contribution in [1.29, 1.82) is 0 Å². The second-order valence-electron chi connectivity index (χ2n) is 39.3. The Hall–Kier alpha value is -17.0. The van der Waals surface area contributed by atoms with E-state index in [2.05, 4.69) is 535 Å². The molecule has 138 heavy (non-hydrogen) atoms. The molecule has 0 N–H and O–H groups in total. The zero-order chi connectivity index (χ0) is 92.2. The number of rotatable bonds is 10. The fourth-order valence-corrected chi connectivity index (χ4v) is 24.0. The highest BCUT2D eigenvalue weighted by Gasteiger charge is 2.40. The molecule has 0 aliphatic heterocycles. The van der Waals surface area contributed by atoms with Crippen molar-refractivity contribution in [3.63, 3.8) is 0 Å². The normalized spacial score (nSPS) is 13.3. The highest BCUT2D eigenvalue weighted by atomic mass is 15.2. The van der Waals surface area contributed by atoms with Gasteiger partial charge in [0.05, 0.1) is 11.4 Å². The summed E-state index contributed by atoms with van der Waals surface area (Å²) in [6.07, 6.45) is 0. The third-order valence-corrected chi connectivity index (χ3v) is 30.6. The number of anilines is 9. The van der Waals surface area contributed by atoms with Gasteiger partial charge in [0.15, 0.2) is 0 Å². The van der Waals surface area contributed by atoms with Crippen LogP contribution in [0.2, 0.25) is 0 Å². The molecule has 0 saturated heterocycles. The molecule has 28 rings (SSSR count). The summed E-state index contributed by atoms with van der Waals surface area (Å²) in [5.41, 5.74) is 29.5. The lowest BCUT2D eigenvalue weighted by atomic mass is 9.79. The van der Waals surface area contributed by atoms with Gasteiger partial charge in [0.2, 0.25) is 0 Å². The van der Waals surface area contributed by atoms with Gasteiger partial charge in [-0.1, -0.05) is 424 Å². The molecule has 0 saturated carbocycles. The van der Waals surface area contributed by atoms with Crippen molar-refractivity contribution in [3.8, 4) is 44.5 Å². The van der Waals surface area contributed by atoms with E-state index in [4.69, 9.17) is 0 Å². The van der Waals surface area contributed by atoms with Crippen molar-refractivity contribution in [2.75, 3.05) is 14.7 Å². The number of hydrogen-bond donors (Lipinski definition) is 0. The summed E-state index contributed by atoms with van der Waals surface area (Å²) in [6.45, 7) is 14.2. The van der Waals surface area contributed by atoms with E-state index < -0.39 is 0 Å². The monoisotopic (exact) mass is 1760 g/mol. The highest BCUT2D eigenvalue weighted by Crippen LogP contribution is 2.58. The third-order valence-electron chi connectivity index (χ3n) is 30.6. The fourth-order valence-electron chi connectivity index (χ4n) is 24.0. The Morgan fingerprint density at radius 2 is 0.464 bits per heavy atom. The maximum absolute atomic E-state index is 2.39. The van der Waals surface area contributed by atoms with Crippen LogP contribution >= 0.6 is 0 Å². The molecule has 3 heteroatoms. The van der Waals surface area contributed by atoms with Gasteiger partial charge in [-0.3, -0.25) is 0 Å². The average molecular weight is 1760 g/mol. The van der Waals surface area contributed by atoms with Crippen molar-refractivity contribution >= 4 is 180 Å². The first-order valence-corrected chi connectivity index (χ1v) is 48.4. The molecular weight excluding hydrogens is 1660 g/mol. The van der Waals surface area contributed by atoms with E-state index in [1.165, 1.54) is 219 Å². The maximum atomic E-state index is 2.39. The molecule has 652 valence electrons. The minimum absolute atomic E-state index is 0.00869. The van der Waals surface area contributed by atoms with Crippen LogP contribution in [0, 0.1) is 0 Å². The zero-order valence-corrected chi connectivity index (χ0v) is 78.0. The standard InChI is InChI=1S/C49H35N.2C43H31N/c1-49(2)45-15-9-8-14-44(45)48-43-26-21-35-16-17-37-31-40(25-27-41(37)47(35)42(43)28-29-46(48)49)50(39-24-20-33-12-6-7-13-36(33)30-39)38-22-18-34(19-23-38)32-10-4-3-5-11-32;1-43(2)38-17-9-8-16-37(38)42-36-23-21-29-19-20-30-27-32(22-24-34(30)41(29)35(36)25-26-39(42)43)44(31-13-4-3-5-14-31)40-18-10-12-28-11-6-7-15-33(28)40;1-43(2)39-17-9-8-16-35(39)37-26-25-36-38(42(37)43)23-21-29-19-20-30-27-32(22-24-34(30)41(29)36)44(31-13-4-3-5-14-31)40-18-10-12-28-11-6-7-15-33(28)40/h3-31H,1-2H3;2*3-27H,1-2H3. The predicted octanol–water partition coefficient (Wildman–Crippen LogP) is 37.9. The number of hydrogen-bond acceptors (Lipinski definition) is 3. The molecular formula is C135H97N3. The first-order valence-electron chi connectivity index (χ1n) is 48.4. The topological polar surface area (TPSA) is 9.72 Å². The van der Waals surface area contributed by atoms with Gasteiger partial charge in [0.1, 0.15) is 0 Å². The smallest absolute Gasteiger partial charge is 0.0540 e. The molecule has 0 atom stereocenters. The Morgan fingerprint density at radius 3 is 0.949 bits per heavy atom. The lowest BCUT2D eigenvalue weighted by Gasteiger charge is -2.27. The minimum Gasteiger partial charge on any atom is -0.310 e. The summed E-state index contributed by atoms with van der Waals surface area (Å²) in [4.78, 5) is 7.17. The molecule has 0 heterocycles. The summed E-state index contributed by atoms with van der Waals surface area (Å²) >= 11 is 0. The molecule has 0 amide bonds. The van der Waals surface area contributed by atoms with Crippen LogP contribution in [0.15, 0.2) is 479 Å². The van der Waals surface area contributed by atoms with Gasteiger partial charge in [0.25, 0.3) is 0 Å². The van der Waals surface area contributed by atoms with Crippen molar-refractivity contribution in [3.05, 3.63) is 513 Å². The second-order valence-corrected chi connectivity index (χ2v) is 39.3. The largest absolute Gasteiger partial charge is 0.310 e. The molecule has 3 nitrogen and oxygen atoms in total. The van der Waals surface area contributed by atoms with Crippen molar-refractivity contribution in [2.45, 2.75) is 57.8 Å². The van der Waals surface area contributed by atoms with Crippen LogP contribution in [0.4, 0.5) is 51.2 Å². The lowest BCUT2D eigenvalue weighted by molar-refractivity contribution is 0.660. The van der Waals surface area contributed by atoms with Crippen LogP contribution in [-0.4, -0.2) is 0 Å². The Balaban J connectivity index is 0.000000107. The van der Waals surface area contributed by atoms with Gasteiger partial charge in [0, 0.05) is 66.8 Å². The van der Waals surface area contributed by atoms with Crippen LogP contribution < -0.4 is 14.7 Å². The van der Waals surface area contributed by atoms with E-state index in [1.54, 1.807) is 0 Å². The van der Waals surface area contributed by atoms with E-state index in [-0.39, 0.29) is 16.2 Å². The van der Waals surface area contributed by atoms with E-state index in [0.717, 1.165) is 39.8 Å². The summed E-state index contributed by atoms with van der Waals surface area (Å²) in [5, 5.41) is 30.8. The van der Waals surface area contributed by atoms with Crippen LogP contribution in [-0.2, 0) is 16.2 Å². The molecule has 0 unspecified atom stereocenters. The fraction of sp³-hybridized carbons (Fsp3) is 0.0667. The molecule has 3 aliphatic rings. The van der Waals surface area contributed by atoms with Gasteiger partial charge in [-0.25, -0.2) is 0 Å². The van der Waals surface area contributed by atoms with Crippen LogP contribution in [0.5, 0.6) is 0 Å². The van der Waals surface area contributed by atoms with Gasteiger partial charge < -0.3 is 14.7 Å². The van der Waals surface area contributed by atoms with E-state index >= 15 is 0 Å². The molecule has 0 bridgehead atoms. The van der Waals surface area contributed by atoms with E-state index in [1.807, 2.05) is 0 Å². The number of fused-ring (bicyclic) bond motifs is 30. The molecule has 3 aliphatic carbocycles. The third kappa shape index (κ3) is 13.1. The Morgan fingerprint density at radius 1 is 0.152 bits per heavy atom. The van der Waals surface area contributed by atoms with Gasteiger partial charge in [-0.05, 0) is 293 Å². The average Bonchev–Trinajstić information content (AvgIpc) is 1.55. The van der Waals surface area contributed by atoms with Crippen molar-refractivity contribution in [2.24, 2.45) is 0 Å². The second kappa shape index (κ2) is 32.1. The SMILES string of the molecule is CC1(C)c2ccccc2-c2c1ccc1c2ccc2ccc3cc(N(c4ccc(-c5ccccc5)cc4)c4ccc5ccccc5c4)ccc3c21.CC1(C)c2ccccc2-c2c1ccc1c2ccc2ccc3cc(N(c4ccccc4)c4cccc5ccccc45)ccc3c21.CC1(C)c2ccccc2-c2ccc3c(ccc4ccc5cc(N(c6ccccc6)c6cccc7ccccc67)ccc5c43)c21. The van der Waals surface area contributed by atoms with E-state index in [9.17, 15) is 0 Å². The van der Waals surface area contributed by atoms with Crippen LogP contribution in [0.1, 0.15) is 74.9 Å². The summed E-state index contributed by atoms with van der Waals surface area (Å²) < 4.78 is 0. The Bertz CT molecular complexity index is 9300. The van der Waals surface area contributed by atoms with Crippen LogP contribution in [0.25, 0.3) is 174 Å². The molecule has 0 fully saturated rings. The summed E-state index contributed by atoms with van der Waals surface area (Å²) in [5.74, 6) is 0. The van der Waals surface area contributed by atoms with Crippen LogP contribution in [0.3, 0.4) is 0 Å². The van der Waals surface area contributed by atoms with Gasteiger partial charge in [-0.15, -0.1) is 0 Å². The van der Waals surface area contributed by atoms with Crippen molar-refractivity contribution in [1.82, 2.24) is 0 Å². The minimum atomic E-state index is -0.0501. The predicted molar refractivity (Wildman–Crippen MR) is 592 cm³/mol. The summed E-state index contributed by atoms with van der Waals surface area (Å²) in [6, 6.07) is 176. The molecule has 0 aromatic heterocycles. The molecule has 25 aromatic carbocycles. The van der Waals surface area contributed by atoms with Gasteiger partial charge in [-0.2, -0.15) is 0 Å². The molecule has 0 radical (unpaired) electrons. The first kappa shape index (κ1) is 81.8. The molecule has 25 aromatic rings. The number of para-hydroxylation sites is 2. The number of nitrogens with zero attached hydrogens (tertiary/aromatic N) is 3. The van der Waals surface area contributed by atoms with E-state index in [0.29, 0.717) is 0 Å². The van der Waals surface area contributed by atoms with Crippen molar-refractivity contribution < 1.29 is 0 Å².